The molecular formula is C12H14N2O4. The molecule has 0 radical (unpaired) electrons. The van der Waals surface area contributed by atoms with Gasteiger partial charge in [0.25, 0.3) is 5.69 Å². The Labute approximate surface area is 104 Å². The Morgan fingerprint density at radius 1 is 1.39 bits per heavy atom. The summed E-state index contributed by atoms with van der Waals surface area (Å²) in [5.74, 6) is -0.678. The van der Waals surface area contributed by atoms with Gasteiger partial charge < -0.3 is 9.64 Å². The van der Waals surface area contributed by atoms with Crippen LogP contribution < -0.4 is 4.90 Å². The average Bonchev–Trinajstić information content (AvgIpc) is 2.90. The molecule has 0 unspecified atom stereocenters. The number of carbonyl (C=O) groups excluding carboxylic acids is 1. The number of carbonyl (C=O) groups is 1. The Bertz CT molecular complexity index is 481. The molecule has 6 nitrogen and oxygen atoms in total. The zero-order valence-corrected chi connectivity index (χ0v) is 10.1. The van der Waals surface area contributed by atoms with Crippen molar-refractivity contribution in [3.8, 4) is 0 Å². The smallest absolute Gasteiger partial charge is 0.344 e. The van der Waals surface area contributed by atoms with Crippen molar-refractivity contribution in [3.63, 3.8) is 0 Å². The van der Waals surface area contributed by atoms with E-state index in [1.165, 1.54) is 19.2 Å². The number of benzene rings is 1. The molecule has 1 aliphatic rings. The fourth-order valence-corrected chi connectivity index (χ4v) is 2.13. The maximum absolute atomic E-state index is 11.6. The zero-order valence-electron chi connectivity index (χ0n) is 10.1. The summed E-state index contributed by atoms with van der Waals surface area (Å²) < 4.78 is 4.58. The molecule has 1 aliphatic heterocycles. The highest BCUT2D eigenvalue weighted by Gasteiger charge is 2.23. The number of nitrogens with zero attached hydrogens (tertiary/aromatic N) is 2. The van der Waals surface area contributed by atoms with Gasteiger partial charge in [0.2, 0.25) is 0 Å². The number of nitro groups is 1. The first-order valence-corrected chi connectivity index (χ1v) is 5.75. The molecule has 0 aliphatic carbocycles. The van der Waals surface area contributed by atoms with Gasteiger partial charge in [-0.3, -0.25) is 10.1 Å². The van der Waals surface area contributed by atoms with Crippen molar-refractivity contribution >= 4 is 17.3 Å². The molecule has 0 aromatic heterocycles. The first-order chi connectivity index (χ1) is 8.63. The number of ether oxygens (including phenoxy) is 1. The van der Waals surface area contributed by atoms with Gasteiger partial charge in [-0.2, -0.15) is 0 Å². The van der Waals surface area contributed by atoms with Crippen LogP contribution in [0.15, 0.2) is 18.2 Å². The molecule has 0 amide bonds. The Morgan fingerprint density at radius 3 is 2.61 bits per heavy atom. The number of hydrogen-bond acceptors (Lipinski definition) is 5. The number of anilines is 1. The molecule has 18 heavy (non-hydrogen) atoms. The van der Waals surface area contributed by atoms with Crippen LogP contribution in [-0.4, -0.2) is 31.1 Å². The van der Waals surface area contributed by atoms with Gasteiger partial charge >= 0.3 is 5.97 Å². The van der Waals surface area contributed by atoms with Crippen molar-refractivity contribution in [1.82, 2.24) is 0 Å². The molecule has 1 heterocycles. The molecule has 0 atom stereocenters. The van der Waals surface area contributed by atoms with E-state index in [4.69, 9.17) is 0 Å². The van der Waals surface area contributed by atoms with Crippen LogP contribution in [-0.2, 0) is 4.74 Å². The fraction of sp³-hybridized carbons (Fsp3) is 0.417. The minimum Gasteiger partial charge on any atom is -0.465 e. The predicted molar refractivity (Wildman–Crippen MR) is 65.9 cm³/mol. The topological polar surface area (TPSA) is 72.7 Å². The zero-order chi connectivity index (χ0) is 13.1. The van der Waals surface area contributed by atoms with E-state index < -0.39 is 10.9 Å². The molecule has 0 bridgehead atoms. The fourth-order valence-electron chi connectivity index (χ4n) is 2.13. The Kier molecular flexibility index (Phi) is 3.45. The lowest BCUT2D eigenvalue weighted by atomic mass is 10.1. The van der Waals surface area contributed by atoms with Crippen LogP contribution in [0.4, 0.5) is 11.4 Å². The quantitative estimate of drug-likeness (QED) is 0.466. The van der Waals surface area contributed by atoms with Crippen LogP contribution >= 0.6 is 0 Å². The minimum atomic E-state index is -0.678. The second kappa shape index (κ2) is 5.03. The predicted octanol–water partition coefficient (Wildman–Crippen LogP) is 1.98. The number of esters is 1. The third-order valence-electron chi connectivity index (χ3n) is 3.05. The molecule has 1 fully saturated rings. The standard InChI is InChI=1S/C12H14N2O4/c1-18-12(15)10-8-9(13-6-2-3-7-13)4-5-11(10)14(16)17/h4-5,8H,2-3,6-7H2,1H3. The van der Waals surface area contributed by atoms with Crippen LogP contribution in [0.1, 0.15) is 23.2 Å². The van der Waals surface area contributed by atoms with Gasteiger partial charge in [0.1, 0.15) is 5.56 Å². The molecule has 0 N–H and O–H groups in total. The summed E-state index contributed by atoms with van der Waals surface area (Å²) in [4.78, 5) is 24.0. The SMILES string of the molecule is COC(=O)c1cc(N2CCCC2)ccc1[N+](=O)[O-]. The molecule has 1 aromatic carbocycles. The van der Waals surface area contributed by atoms with E-state index in [9.17, 15) is 14.9 Å². The van der Waals surface area contributed by atoms with Gasteiger partial charge in [0.15, 0.2) is 0 Å². The molecular weight excluding hydrogens is 236 g/mol. The summed E-state index contributed by atoms with van der Waals surface area (Å²) in [6, 6.07) is 4.57. The van der Waals surface area contributed by atoms with Gasteiger partial charge in [-0.05, 0) is 25.0 Å². The van der Waals surface area contributed by atoms with Gasteiger partial charge in [-0.15, -0.1) is 0 Å². The number of hydrogen-bond donors (Lipinski definition) is 0. The molecule has 0 spiro atoms. The normalized spacial score (nSPS) is 14.6. The van der Waals surface area contributed by atoms with Crippen molar-refractivity contribution < 1.29 is 14.5 Å². The first kappa shape index (κ1) is 12.3. The van der Waals surface area contributed by atoms with Crippen molar-refractivity contribution in [2.24, 2.45) is 0 Å². The highest BCUT2D eigenvalue weighted by atomic mass is 16.6. The monoisotopic (exact) mass is 250 g/mol. The average molecular weight is 250 g/mol. The number of methoxy groups -OCH3 is 1. The Hall–Kier alpha value is -2.11. The molecule has 2 rings (SSSR count). The molecule has 1 saturated heterocycles. The number of nitro benzene ring substituents is 1. The molecule has 1 aromatic rings. The van der Waals surface area contributed by atoms with Crippen molar-refractivity contribution in [2.45, 2.75) is 12.8 Å². The first-order valence-electron chi connectivity index (χ1n) is 5.75. The summed E-state index contributed by atoms with van der Waals surface area (Å²) in [5.41, 5.74) is 0.621. The van der Waals surface area contributed by atoms with Crippen LogP contribution in [0.3, 0.4) is 0 Å². The largest absolute Gasteiger partial charge is 0.465 e. The van der Waals surface area contributed by atoms with Crippen LogP contribution in [0.25, 0.3) is 0 Å². The van der Waals surface area contributed by atoms with Gasteiger partial charge in [0, 0.05) is 24.8 Å². The lowest BCUT2D eigenvalue weighted by Gasteiger charge is -2.17. The van der Waals surface area contributed by atoms with E-state index in [0.717, 1.165) is 31.6 Å². The van der Waals surface area contributed by atoms with Crippen LogP contribution in [0.5, 0.6) is 0 Å². The summed E-state index contributed by atoms with van der Waals surface area (Å²) in [6.07, 6.45) is 2.20. The van der Waals surface area contributed by atoms with E-state index in [1.54, 1.807) is 6.07 Å². The van der Waals surface area contributed by atoms with E-state index in [-0.39, 0.29) is 11.3 Å². The van der Waals surface area contributed by atoms with E-state index >= 15 is 0 Å². The second-order valence-corrected chi connectivity index (χ2v) is 4.14. The van der Waals surface area contributed by atoms with E-state index in [2.05, 4.69) is 9.64 Å². The summed E-state index contributed by atoms with van der Waals surface area (Å²) in [6.45, 7) is 1.83. The number of rotatable bonds is 3. The van der Waals surface area contributed by atoms with Crippen molar-refractivity contribution in [2.75, 3.05) is 25.1 Å². The summed E-state index contributed by atoms with van der Waals surface area (Å²) in [7, 11) is 1.22. The van der Waals surface area contributed by atoms with Crippen molar-refractivity contribution in [1.29, 1.82) is 0 Å². The third kappa shape index (κ3) is 2.27. The Morgan fingerprint density at radius 2 is 2.06 bits per heavy atom. The Balaban J connectivity index is 2.41. The van der Waals surface area contributed by atoms with E-state index in [1.807, 2.05) is 0 Å². The lowest BCUT2D eigenvalue weighted by molar-refractivity contribution is -0.385. The third-order valence-corrected chi connectivity index (χ3v) is 3.05. The maximum atomic E-state index is 11.6. The van der Waals surface area contributed by atoms with Gasteiger partial charge in [-0.25, -0.2) is 4.79 Å². The molecule has 0 saturated carbocycles. The van der Waals surface area contributed by atoms with Crippen LogP contribution in [0, 0.1) is 10.1 Å². The highest BCUT2D eigenvalue weighted by Crippen LogP contribution is 2.27. The lowest BCUT2D eigenvalue weighted by Crippen LogP contribution is -2.18. The molecule has 96 valence electrons. The van der Waals surface area contributed by atoms with Crippen LogP contribution in [0.2, 0.25) is 0 Å². The van der Waals surface area contributed by atoms with E-state index in [0.29, 0.717) is 0 Å². The van der Waals surface area contributed by atoms with Gasteiger partial charge in [0.05, 0.1) is 12.0 Å². The van der Waals surface area contributed by atoms with Gasteiger partial charge in [-0.1, -0.05) is 0 Å². The highest BCUT2D eigenvalue weighted by molar-refractivity contribution is 5.95. The summed E-state index contributed by atoms with van der Waals surface area (Å²) in [5, 5.41) is 10.9. The summed E-state index contributed by atoms with van der Waals surface area (Å²) >= 11 is 0. The minimum absolute atomic E-state index is 0.00639. The van der Waals surface area contributed by atoms with Crippen molar-refractivity contribution in [3.05, 3.63) is 33.9 Å². The second-order valence-electron chi connectivity index (χ2n) is 4.14. The molecule has 6 heteroatoms. The maximum Gasteiger partial charge on any atom is 0.344 e.